The van der Waals surface area contributed by atoms with Crippen LogP contribution in [-0.4, -0.2) is 23.5 Å². The van der Waals surface area contributed by atoms with Gasteiger partial charge in [-0.2, -0.15) is 0 Å². The van der Waals surface area contributed by atoms with E-state index in [4.69, 9.17) is 16.3 Å². The maximum Gasteiger partial charge on any atom is 0.260 e. The summed E-state index contributed by atoms with van der Waals surface area (Å²) in [6.07, 6.45) is 3.67. The third-order valence-corrected chi connectivity index (χ3v) is 3.18. The molecule has 0 aliphatic carbocycles. The Morgan fingerprint density at radius 2 is 2.10 bits per heavy atom. The van der Waals surface area contributed by atoms with Gasteiger partial charge in [-0.15, -0.1) is 0 Å². The van der Waals surface area contributed by atoms with E-state index in [0.29, 0.717) is 17.3 Å². The van der Waals surface area contributed by atoms with Gasteiger partial charge in [0.15, 0.2) is 6.10 Å². The van der Waals surface area contributed by atoms with Crippen LogP contribution < -0.4 is 10.1 Å². The summed E-state index contributed by atoms with van der Waals surface area (Å²) in [5.41, 5.74) is 1.13. The Hall–Kier alpha value is -2.07. The summed E-state index contributed by atoms with van der Waals surface area (Å²) in [5.74, 6) is 0.434. The van der Waals surface area contributed by atoms with Crippen LogP contribution in [0.1, 0.15) is 12.5 Å². The van der Waals surface area contributed by atoms with Gasteiger partial charge < -0.3 is 10.1 Å². The van der Waals surface area contributed by atoms with Crippen molar-refractivity contribution in [1.82, 2.24) is 10.3 Å². The van der Waals surface area contributed by atoms with Crippen LogP contribution in [0.5, 0.6) is 5.75 Å². The largest absolute Gasteiger partial charge is 0.481 e. The number of hydrogen-bond acceptors (Lipinski definition) is 3. The van der Waals surface area contributed by atoms with Gasteiger partial charge in [-0.3, -0.25) is 9.78 Å². The van der Waals surface area contributed by atoms with E-state index in [0.717, 1.165) is 12.0 Å². The Balaban J connectivity index is 1.77. The zero-order valence-corrected chi connectivity index (χ0v) is 12.5. The van der Waals surface area contributed by atoms with Crippen molar-refractivity contribution in [3.05, 3.63) is 59.4 Å². The first-order chi connectivity index (χ1) is 10.1. The van der Waals surface area contributed by atoms with Gasteiger partial charge in [0.2, 0.25) is 0 Å². The van der Waals surface area contributed by atoms with Crippen molar-refractivity contribution in [2.45, 2.75) is 19.4 Å². The molecule has 5 heteroatoms. The molecular weight excluding hydrogens is 288 g/mol. The smallest absolute Gasteiger partial charge is 0.260 e. The van der Waals surface area contributed by atoms with Crippen molar-refractivity contribution >= 4 is 17.5 Å². The normalized spacial score (nSPS) is 11.7. The lowest BCUT2D eigenvalue weighted by molar-refractivity contribution is -0.127. The number of rotatable bonds is 6. The summed E-state index contributed by atoms with van der Waals surface area (Å²) >= 11 is 5.87. The highest BCUT2D eigenvalue weighted by atomic mass is 35.5. The Bertz CT molecular complexity index is 590. The quantitative estimate of drug-likeness (QED) is 0.893. The Labute approximate surface area is 129 Å². The number of halogens is 1. The van der Waals surface area contributed by atoms with Crippen LogP contribution in [-0.2, 0) is 11.2 Å². The van der Waals surface area contributed by atoms with Crippen LogP contribution in [0, 0.1) is 0 Å². The SMILES string of the molecule is C[C@H](Oc1cccc(Cl)c1)C(=O)NCCc1ccncc1. The number of aromatic nitrogens is 1. The molecular formula is C16H17ClN2O2. The molecule has 2 aromatic rings. The number of nitrogens with one attached hydrogen (secondary N) is 1. The second kappa shape index (κ2) is 7.64. The Morgan fingerprint density at radius 1 is 1.33 bits per heavy atom. The van der Waals surface area contributed by atoms with Gasteiger partial charge in [0.05, 0.1) is 0 Å². The molecule has 0 aliphatic rings. The van der Waals surface area contributed by atoms with E-state index in [2.05, 4.69) is 10.3 Å². The first kappa shape index (κ1) is 15.3. The summed E-state index contributed by atoms with van der Waals surface area (Å²) in [5, 5.41) is 3.43. The molecule has 0 saturated heterocycles. The van der Waals surface area contributed by atoms with Crippen LogP contribution in [0.4, 0.5) is 0 Å². The number of carbonyl (C=O) groups is 1. The fourth-order valence-corrected chi connectivity index (χ4v) is 2.00. The lowest BCUT2D eigenvalue weighted by Crippen LogP contribution is -2.37. The van der Waals surface area contributed by atoms with E-state index in [9.17, 15) is 4.79 Å². The zero-order valence-electron chi connectivity index (χ0n) is 11.8. The van der Waals surface area contributed by atoms with Gasteiger partial charge in [-0.1, -0.05) is 17.7 Å². The predicted molar refractivity (Wildman–Crippen MR) is 82.5 cm³/mol. The molecule has 0 radical (unpaired) electrons. The number of nitrogens with zero attached hydrogens (tertiary/aromatic N) is 1. The minimum Gasteiger partial charge on any atom is -0.481 e. The minimum atomic E-state index is -0.569. The fraction of sp³-hybridized carbons (Fsp3) is 0.250. The summed E-state index contributed by atoms with van der Waals surface area (Å²) in [6.45, 7) is 2.27. The van der Waals surface area contributed by atoms with E-state index in [1.54, 1.807) is 43.6 Å². The standard InChI is InChI=1S/C16H17ClN2O2/c1-12(21-15-4-2-3-14(17)11-15)16(20)19-10-7-13-5-8-18-9-6-13/h2-6,8-9,11-12H,7,10H2,1H3,(H,19,20)/t12-/m0/s1. The second-order valence-electron chi connectivity index (χ2n) is 4.61. The highest BCUT2D eigenvalue weighted by Gasteiger charge is 2.14. The van der Waals surface area contributed by atoms with Gasteiger partial charge in [-0.05, 0) is 49.2 Å². The first-order valence-corrected chi connectivity index (χ1v) is 7.12. The Kier molecular flexibility index (Phi) is 5.58. The van der Waals surface area contributed by atoms with Crippen molar-refractivity contribution < 1.29 is 9.53 Å². The monoisotopic (exact) mass is 304 g/mol. The predicted octanol–water partition coefficient (Wildman–Crippen LogP) is 2.86. The number of pyridine rings is 1. The molecule has 2 rings (SSSR count). The van der Waals surface area contributed by atoms with Crippen molar-refractivity contribution in [3.63, 3.8) is 0 Å². The van der Waals surface area contributed by atoms with Crippen LogP contribution in [0.2, 0.25) is 5.02 Å². The van der Waals surface area contributed by atoms with Crippen LogP contribution in [0.25, 0.3) is 0 Å². The number of amides is 1. The van der Waals surface area contributed by atoms with Crippen molar-refractivity contribution in [1.29, 1.82) is 0 Å². The molecule has 1 amide bonds. The summed E-state index contributed by atoms with van der Waals surface area (Å²) in [7, 11) is 0. The average molecular weight is 305 g/mol. The molecule has 0 spiro atoms. The van der Waals surface area contributed by atoms with Crippen LogP contribution >= 0.6 is 11.6 Å². The summed E-state index contributed by atoms with van der Waals surface area (Å²) < 4.78 is 5.55. The summed E-state index contributed by atoms with van der Waals surface area (Å²) in [4.78, 5) is 15.9. The molecule has 1 atom stereocenters. The maximum atomic E-state index is 11.9. The average Bonchev–Trinajstić information content (AvgIpc) is 2.48. The number of hydrogen-bond donors (Lipinski definition) is 1. The van der Waals surface area contributed by atoms with Crippen LogP contribution in [0.15, 0.2) is 48.8 Å². The maximum absolute atomic E-state index is 11.9. The molecule has 0 aliphatic heterocycles. The highest BCUT2D eigenvalue weighted by molar-refractivity contribution is 6.30. The molecule has 1 heterocycles. The van der Waals surface area contributed by atoms with E-state index >= 15 is 0 Å². The molecule has 0 saturated carbocycles. The third-order valence-electron chi connectivity index (χ3n) is 2.94. The molecule has 1 N–H and O–H groups in total. The van der Waals surface area contributed by atoms with Gasteiger partial charge in [-0.25, -0.2) is 0 Å². The summed E-state index contributed by atoms with van der Waals surface area (Å²) in [6, 6.07) is 10.9. The molecule has 4 nitrogen and oxygen atoms in total. The molecule has 0 unspecified atom stereocenters. The first-order valence-electron chi connectivity index (χ1n) is 6.74. The Morgan fingerprint density at radius 3 is 2.81 bits per heavy atom. The van der Waals surface area contributed by atoms with E-state index < -0.39 is 6.10 Å². The zero-order chi connectivity index (χ0) is 15.1. The molecule has 110 valence electrons. The molecule has 0 fully saturated rings. The molecule has 21 heavy (non-hydrogen) atoms. The lowest BCUT2D eigenvalue weighted by Gasteiger charge is -2.14. The van der Waals surface area contributed by atoms with Gasteiger partial charge in [0.25, 0.3) is 5.91 Å². The number of benzene rings is 1. The van der Waals surface area contributed by atoms with Crippen LogP contribution in [0.3, 0.4) is 0 Å². The van der Waals surface area contributed by atoms with Gasteiger partial charge >= 0.3 is 0 Å². The topological polar surface area (TPSA) is 51.2 Å². The van der Waals surface area contributed by atoms with Gasteiger partial charge in [0.1, 0.15) is 5.75 Å². The minimum absolute atomic E-state index is 0.149. The van der Waals surface area contributed by atoms with Crippen molar-refractivity contribution in [3.8, 4) is 5.75 Å². The highest BCUT2D eigenvalue weighted by Crippen LogP contribution is 2.18. The van der Waals surface area contributed by atoms with E-state index in [1.165, 1.54) is 0 Å². The van der Waals surface area contributed by atoms with E-state index in [1.807, 2.05) is 12.1 Å². The fourth-order valence-electron chi connectivity index (χ4n) is 1.82. The number of ether oxygens (including phenoxy) is 1. The molecule has 1 aromatic carbocycles. The van der Waals surface area contributed by atoms with Crippen molar-refractivity contribution in [2.24, 2.45) is 0 Å². The lowest BCUT2D eigenvalue weighted by atomic mass is 10.2. The van der Waals surface area contributed by atoms with Gasteiger partial charge in [0, 0.05) is 24.0 Å². The molecule has 1 aromatic heterocycles. The molecule has 0 bridgehead atoms. The number of carbonyl (C=O) groups excluding carboxylic acids is 1. The van der Waals surface area contributed by atoms with Crippen molar-refractivity contribution in [2.75, 3.05) is 6.54 Å². The third kappa shape index (κ3) is 5.08. The van der Waals surface area contributed by atoms with E-state index in [-0.39, 0.29) is 5.91 Å². The second-order valence-corrected chi connectivity index (χ2v) is 5.05.